The molecule has 140 valence electrons. The van der Waals surface area contributed by atoms with Gasteiger partial charge in [-0.15, -0.1) is 0 Å². The van der Waals surface area contributed by atoms with Gasteiger partial charge in [0, 0.05) is 6.54 Å². The van der Waals surface area contributed by atoms with Crippen molar-refractivity contribution in [2.45, 2.75) is 51.1 Å². The Kier molecular flexibility index (Phi) is 6.00. The Hall–Kier alpha value is -2.39. The van der Waals surface area contributed by atoms with Crippen molar-refractivity contribution >= 4 is 0 Å². The normalized spacial score (nSPS) is 16.3. The molecule has 3 aromatic rings. The lowest BCUT2D eigenvalue weighted by molar-refractivity contribution is 0.294. The molecule has 1 aliphatic carbocycles. The first-order chi connectivity index (χ1) is 13.4. The number of benzene rings is 2. The number of nitrogens with one attached hydrogen (secondary N) is 2. The summed E-state index contributed by atoms with van der Waals surface area (Å²) in [5, 5.41) is 3.77. The molecule has 2 aromatic carbocycles. The highest BCUT2D eigenvalue weighted by Gasteiger charge is 2.22. The first-order valence-corrected chi connectivity index (χ1v) is 10.3. The maximum Gasteiger partial charge on any atom is 0.123 e. The van der Waals surface area contributed by atoms with Crippen LogP contribution >= 0.6 is 0 Å². The Morgan fingerprint density at radius 2 is 1.63 bits per heavy atom. The van der Waals surface area contributed by atoms with Crippen molar-refractivity contribution in [3.63, 3.8) is 0 Å². The van der Waals surface area contributed by atoms with Crippen LogP contribution in [0.15, 0.2) is 66.9 Å². The lowest BCUT2D eigenvalue weighted by atomic mass is 9.84. The summed E-state index contributed by atoms with van der Waals surface area (Å²) in [5.74, 6) is 1.87. The molecule has 0 radical (unpaired) electrons. The number of hydrogen-bond donors (Lipinski definition) is 2. The average molecular weight is 360 g/mol. The van der Waals surface area contributed by atoms with Crippen LogP contribution in [-0.2, 0) is 6.54 Å². The van der Waals surface area contributed by atoms with Gasteiger partial charge in [0.15, 0.2) is 0 Å². The summed E-state index contributed by atoms with van der Waals surface area (Å²) in [6.07, 6.45) is 10.0. The summed E-state index contributed by atoms with van der Waals surface area (Å²) >= 11 is 0. The van der Waals surface area contributed by atoms with Crippen LogP contribution in [-0.4, -0.2) is 9.97 Å². The molecule has 2 N–H and O–H groups in total. The van der Waals surface area contributed by atoms with Gasteiger partial charge in [0.2, 0.25) is 0 Å². The lowest BCUT2D eigenvalue weighted by Crippen LogP contribution is -2.25. The smallest absolute Gasteiger partial charge is 0.123 e. The fourth-order valence-corrected chi connectivity index (χ4v) is 4.16. The van der Waals surface area contributed by atoms with Crippen LogP contribution in [0.4, 0.5) is 0 Å². The number of nitrogens with zero attached hydrogens (tertiary/aromatic N) is 1. The summed E-state index contributed by atoms with van der Waals surface area (Å²) in [5.41, 5.74) is 3.61. The van der Waals surface area contributed by atoms with E-state index in [4.69, 9.17) is 4.98 Å². The van der Waals surface area contributed by atoms with E-state index in [1.807, 2.05) is 12.3 Å². The van der Waals surface area contributed by atoms with Gasteiger partial charge < -0.3 is 10.3 Å². The predicted octanol–water partition coefficient (Wildman–Crippen LogP) is 5.88. The Morgan fingerprint density at radius 1 is 0.926 bits per heavy atom. The van der Waals surface area contributed by atoms with Crippen LogP contribution in [0.1, 0.15) is 56.0 Å². The van der Waals surface area contributed by atoms with E-state index in [1.54, 1.807) is 0 Å². The van der Waals surface area contributed by atoms with E-state index >= 15 is 0 Å². The standard InChI is InChI=1S/C24H29N3/c1-4-10-19(11-5-1)16-22(25-17-20-12-6-2-7-13-20)24-26-18-23(27-24)21-14-8-3-9-15-21/h2-3,6-9,12-15,18-19,22,25H,1,4-5,10-11,16-17H2,(H,26,27). The van der Waals surface area contributed by atoms with Crippen molar-refractivity contribution in [3.05, 3.63) is 78.2 Å². The number of imidazole rings is 1. The molecule has 27 heavy (non-hydrogen) atoms. The van der Waals surface area contributed by atoms with Crippen LogP contribution in [0, 0.1) is 5.92 Å². The van der Waals surface area contributed by atoms with Gasteiger partial charge in [0.05, 0.1) is 17.9 Å². The van der Waals surface area contributed by atoms with Crippen LogP contribution in [0.2, 0.25) is 0 Å². The fraction of sp³-hybridized carbons (Fsp3) is 0.375. The van der Waals surface area contributed by atoms with E-state index in [1.165, 1.54) is 43.2 Å². The number of aromatic nitrogens is 2. The number of H-pyrrole nitrogens is 1. The maximum atomic E-state index is 4.75. The molecule has 0 amide bonds. The third kappa shape index (κ3) is 4.86. The summed E-state index contributed by atoms with van der Waals surface area (Å²) in [7, 11) is 0. The summed E-state index contributed by atoms with van der Waals surface area (Å²) < 4.78 is 0. The Bertz CT molecular complexity index is 804. The number of rotatable bonds is 7. The van der Waals surface area contributed by atoms with E-state index in [2.05, 4.69) is 64.9 Å². The maximum absolute atomic E-state index is 4.75. The number of hydrogen-bond acceptors (Lipinski definition) is 2. The largest absolute Gasteiger partial charge is 0.341 e. The lowest BCUT2D eigenvalue weighted by Gasteiger charge is -2.26. The summed E-state index contributed by atoms with van der Waals surface area (Å²) in [4.78, 5) is 8.33. The third-order valence-corrected chi connectivity index (χ3v) is 5.70. The van der Waals surface area contributed by atoms with Crippen molar-refractivity contribution in [1.29, 1.82) is 0 Å². The molecule has 1 fully saturated rings. The van der Waals surface area contributed by atoms with Crippen molar-refractivity contribution in [1.82, 2.24) is 15.3 Å². The van der Waals surface area contributed by atoms with E-state index in [0.717, 1.165) is 30.4 Å². The molecule has 4 rings (SSSR count). The first-order valence-electron chi connectivity index (χ1n) is 10.3. The van der Waals surface area contributed by atoms with Gasteiger partial charge >= 0.3 is 0 Å². The molecule has 0 aliphatic heterocycles. The Labute approximate surface area is 162 Å². The van der Waals surface area contributed by atoms with Crippen molar-refractivity contribution in [2.24, 2.45) is 5.92 Å². The molecule has 0 bridgehead atoms. The summed E-state index contributed by atoms with van der Waals surface area (Å²) in [6.45, 7) is 0.875. The van der Waals surface area contributed by atoms with E-state index in [0.29, 0.717) is 0 Å². The van der Waals surface area contributed by atoms with Crippen molar-refractivity contribution < 1.29 is 0 Å². The Morgan fingerprint density at radius 3 is 2.37 bits per heavy atom. The van der Waals surface area contributed by atoms with Gasteiger partial charge in [0.1, 0.15) is 5.82 Å². The highest BCUT2D eigenvalue weighted by atomic mass is 15.0. The van der Waals surface area contributed by atoms with Gasteiger partial charge in [-0.25, -0.2) is 4.98 Å². The summed E-state index contributed by atoms with van der Waals surface area (Å²) in [6, 6.07) is 21.4. The molecule has 3 heteroatoms. The van der Waals surface area contributed by atoms with E-state index in [-0.39, 0.29) is 6.04 Å². The van der Waals surface area contributed by atoms with E-state index in [9.17, 15) is 0 Å². The minimum absolute atomic E-state index is 0.269. The van der Waals surface area contributed by atoms with E-state index < -0.39 is 0 Å². The van der Waals surface area contributed by atoms with Gasteiger partial charge in [-0.05, 0) is 23.5 Å². The zero-order valence-corrected chi connectivity index (χ0v) is 15.9. The molecule has 0 saturated heterocycles. The molecular weight excluding hydrogens is 330 g/mol. The quantitative estimate of drug-likeness (QED) is 0.553. The van der Waals surface area contributed by atoms with Crippen LogP contribution in [0.3, 0.4) is 0 Å². The molecular formula is C24H29N3. The second-order valence-corrected chi connectivity index (χ2v) is 7.71. The monoisotopic (exact) mass is 359 g/mol. The first kappa shape index (κ1) is 18.0. The topological polar surface area (TPSA) is 40.7 Å². The molecule has 0 spiro atoms. The molecule has 1 aliphatic rings. The Balaban J connectivity index is 1.50. The molecule has 3 nitrogen and oxygen atoms in total. The highest BCUT2D eigenvalue weighted by molar-refractivity contribution is 5.58. The second kappa shape index (κ2) is 9.01. The molecule has 1 aromatic heterocycles. The molecule has 1 atom stereocenters. The SMILES string of the molecule is c1ccc(CNC(CC2CCCCC2)c2ncc(-c3ccccc3)[nH]2)cc1. The van der Waals surface area contributed by atoms with Gasteiger partial charge in [-0.1, -0.05) is 92.8 Å². The number of aromatic amines is 1. The fourth-order valence-electron chi connectivity index (χ4n) is 4.16. The zero-order valence-electron chi connectivity index (χ0n) is 15.9. The van der Waals surface area contributed by atoms with Gasteiger partial charge in [-0.2, -0.15) is 0 Å². The van der Waals surface area contributed by atoms with Crippen molar-refractivity contribution in [2.75, 3.05) is 0 Å². The van der Waals surface area contributed by atoms with Gasteiger partial charge in [0.25, 0.3) is 0 Å². The van der Waals surface area contributed by atoms with Crippen LogP contribution < -0.4 is 5.32 Å². The van der Waals surface area contributed by atoms with Crippen LogP contribution in [0.5, 0.6) is 0 Å². The van der Waals surface area contributed by atoms with Gasteiger partial charge in [-0.3, -0.25) is 0 Å². The minimum atomic E-state index is 0.269. The third-order valence-electron chi connectivity index (χ3n) is 5.70. The molecule has 1 saturated carbocycles. The van der Waals surface area contributed by atoms with Crippen molar-refractivity contribution in [3.8, 4) is 11.3 Å². The average Bonchev–Trinajstić information content (AvgIpc) is 3.23. The minimum Gasteiger partial charge on any atom is -0.341 e. The predicted molar refractivity (Wildman–Crippen MR) is 111 cm³/mol. The zero-order chi connectivity index (χ0) is 18.3. The highest BCUT2D eigenvalue weighted by Crippen LogP contribution is 2.32. The van der Waals surface area contributed by atoms with Crippen LogP contribution in [0.25, 0.3) is 11.3 Å². The molecule has 1 heterocycles. The molecule has 1 unspecified atom stereocenters. The second-order valence-electron chi connectivity index (χ2n) is 7.71.